The Morgan fingerprint density at radius 1 is 1.00 bits per heavy atom. The molecule has 0 unspecified atom stereocenters. The first-order valence-electron chi connectivity index (χ1n) is 9.00. The summed E-state index contributed by atoms with van der Waals surface area (Å²) in [6.45, 7) is 3.24. The van der Waals surface area contributed by atoms with Gasteiger partial charge in [-0.05, 0) is 26.0 Å². The van der Waals surface area contributed by atoms with Crippen LogP contribution in [0.15, 0.2) is 38.9 Å². The van der Waals surface area contributed by atoms with Crippen molar-refractivity contribution in [3.05, 3.63) is 62.4 Å². The fourth-order valence-corrected chi connectivity index (χ4v) is 4.58. The number of pyridine rings is 1. The minimum Gasteiger partial charge on any atom is -0.465 e. The summed E-state index contributed by atoms with van der Waals surface area (Å²) in [5.74, 6) is -1.40. The monoisotopic (exact) mass is 423 g/mol. The number of para-hydroxylation sites is 1. The molecule has 30 heavy (non-hydrogen) atoms. The van der Waals surface area contributed by atoms with Gasteiger partial charge in [-0.3, -0.25) is 9.78 Å². The number of aryl methyl sites for hydroxylation is 2. The number of rotatable bonds is 3. The van der Waals surface area contributed by atoms with Crippen LogP contribution in [0.25, 0.3) is 32.4 Å². The van der Waals surface area contributed by atoms with Gasteiger partial charge < -0.3 is 13.9 Å². The van der Waals surface area contributed by atoms with Crippen molar-refractivity contribution in [1.82, 2.24) is 4.98 Å². The van der Waals surface area contributed by atoms with E-state index in [1.165, 1.54) is 25.6 Å². The molecule has 0 fully saturated rings. The maximum Gasteiger partial charge on any atom is 0.340 e. The van der Waals surface area contributed by atoms with E-state index in [9.17, 15) is 14.4 Å². The van der Waals surface area contributed by atoms with Gasteiger partial charge in [0.25, 0.3) is 0 Å². The highest BCUT2D eigenvalue weighted by Gasteiger charge is 2.29. The topological polar surface area (TPSA) is 95.7 Å². The Morgan fingerprint density at radius 2 is 1.60 bits per heavy atom. The number of carbonyl (C=O) groups excluding carboxylic acids is 2. The molecule has 3 heterocycles. The van der Waals surface area contributed by atoms with Crippen molar-refractivity contribution in [3.8, 4) is 11.1 Å². The van der Waals surface area contributed by atoms with E-state index in [2.05, 4.69) is 4.98 Å². The number of furan rings is 1. The molecule has 0 aliphatic heterocycles. The lowest BCUT2D eigenvalue weighted by Crippen LogP contribution is -2.18. The van der Waals surface area contributed by atoms with E-state index in [-0.39, 0.29) is 27.8 Å². The lowest BCUT2D eigenvalue weighted by molar-refractivity contribution is 0.0599. The summed E-state index contributed by atoms with van der Waals surface area (Å²) in [4.78, 5) is 42.9. The largest absolute Gasteiger partial charge is 0.465 e. The van der Waals surface area contributed by atoms with E-state index in [1.807, 2.05) is 18.2 Å². The average Bonchev–Trinajstić information content (AvgIpc) is 3.12. The molecule has 0 atom stereocenters. The molecule has 4 rings (SSSR count). The summed E-state index contributed by atoms with van der Waals surface area (Å²) >= 11 is 1.30. The van der Waals surface area contributed by atoms with Crippen LogP contribution in [0.1, 0.15) is 32.1 Å². The first-order valence-corrected chi connectivity index (χ1v) is 9.88. The van der Waals surface area contributed by atoms with Crippen molar-refractivity contribution < 1.29 is 23.5 Å². The third-order valence-electron chi connectivity index (χ3n) is 4.90. The van der Waals surface area contributed by atoms with Gasteiger partial charge in [0.2, 0.25) is 5.43 Å². The van der Waals surface area contributed by atoms with Crippen LogP contribution < -0.4 is 5.43 Å². The first kappa shape index (κ1) is 19.8. The van der Waals surface area contributed by atoms with Crippen LogP contribution in [-0.2, 0) is 9.47 Å². The SMILES string of the molecule is COC(=O)c1c(C)nc(C)c(C(=O)OC)c1-c1csc2c(oc3ccccc32)c1=O. The zero-order valence-corrected chi connectivity index (χ0v) is 17.5. The van der Waals surface area contributed by atoms with Crippen molar-refractivity contribution in [2.24, 2.45) is 0 Å². The molecule has 152 valence electrons. The average molecular weight is 423 g/mol. The van der Waals surface area contributed by atoms with Crippen LogP contribution in [0.3, 0.4) is 0 Å². The van der Waals surface area contributed by atoms with E-state index in [1.54, 1.807) is 25.3 Å². The molecule has 0 spiro atoms. The number of ether oxygens (including phenoxy) is 2. The minimum absolute atomic E-state index is 0.0447. The van der Waals surface area contributed by atoms with Gasteiger partial charge in [-0.2, -0.15) is 0 Å². The Kier molecular flexibility index (Phi) is 4.87. The summed E-state index contributed by atoms with van der Waals surface area (Å²) in [5.41, 5.74) is 1.39. The highest BCUT2D eigenvalue weighted by atomic mass is 32.1. The van der Waals surface area contributed by atoms with Crippen LogP contribution in [0, 0.1) is 13.8 Å². The molecule has 0 saturated heterocycles. The quantitative estimate of drug-likeness (QED) is 0.454. The number of hydrogen-bond donors (Lipinski definition) is 0. The zero-order valence-electron chi connectivity index (χ0n) is 16.7. The Balaban J connectivity index is 2.16. The Morgan fingerprint density at radius 3 is 2.20 bits per heavy atom. The smallest absolute Gasteiger partial charge is 0.340 e. The van der Waals surface area contributed by atoms with Gasteiger partial charge in [0.1, 0.15) is 5.58 Å². The lowest BCUT2D eigenvalue weighted by atomic mass is 9.93. The van der Waals surface area contributed by atoms with Gasteiger partial charge in [-0.25, -0.2) is 9.59 Å². The molecule has 4 aromatic rings. The maximum absolute atomic E-state index is 13.4. The predicted octanol–water partition coefficient (Wildman–Crippen LogP) is 4.26. The van der Waals surface area contributed by atoms with E-state index < -0.39 is 17.4 Å². The highest BCUT2D eigenvalue weighted by molar-refractivity contribution is 7.17. The molecule has 8 heteroatoms. The Bertz CT molecular complexity index is 1360. The van der Waals surface area contributed by atoms with Gasteiger partial charge in [-0.15, -0.1) is 11.3 Å². The molecule has 0 radical (unpaired) electrons. The summed E-state index contributed by atoms with van der Waals surface area (Å²) in [7, 11) is 2.46. The molecule has 0 N–H and O–H groups in total. The lowest BCUT2D eigenvalue weighted by Gasteiger charge is -2.16. The molecule has 0 aliphatic carbocycles. The van der Waals surface area contributed by atoms with E-state index in [0.717, 1.165) is 5.39 Å². The number of fused-ring (bicyclic) bond motifs is 3. The molecular formula is C22H17NO6S. The Labute approximate surface area is 174 Å². The predicted molar refractivity (Wildman–Crippen MR) is 113 cm³/mol. The fourth-order valence-electron chi connectivity index (χ4n) is 3.58. The van der Waals surface area contributed by atoms with Crippen molar-refractivity contribution in [3.63, 3.8) is 0 Å². The second-order valence-corrected chi connectivity index (χ2v) is 7.51. The summed E-state index contributed by atoms with van der Waals surface area (Å²) < 4.78 is 16.3. The number of esters is 2. The van der Waals surface area contributed by atoms with E-state index >= 15 is 0 Å². The highest BCUT2D eigenvalue weighted by Crippen LogP contribution is 2.36. The summed E-state index contributed by atoms with van der Waals surface area (Å²) in [6, 6.07) is 7.34. The summed E-state index contributed by atoms with van der Waals surface area (Å²) in [6.07, 6.45) is 0. The van der Waals surface area contributed by atoms with Crippen molar-refractivity contribution in [2.75, 3.05) is 14.2 Å². The Hall–Kier alpha value is -3.52. The van der Waals surface area contributed by atoms with E-state index in [0.29, 0.717) is 21.7 Å². The first-order chi connectivity index (χ1) is 14.4. The second kappa shape index (κ2) is 7.38. The normalized spacial score (nSPS) is 11.1. The zero-order chi connectivity index (χ0) is 21.6. The molecular weight excluding hydrogens is 406 g/mol. The molecule has 0 aliphatic rings. The minimum atomic E-state index is -0.700. The van der Waals surface area contributed by atoms with Crippen molar-refractivity contribution in [2.45, 2.75) is 13.8 Å². The number of benzene rings is 1. The molecule has 0 saturated carbocycles. The third kappa shape index (κ3) is 2.88. The number of carbonyl (C=O) groups is 2. The van der Waals surface area contributed by atoms with Crippen LogP contribution in [0.4, 0.5) is 0 Å². The van der Waals surface area contributed by atoms with Gasteiger partial charge in [0.15, 0.2) is 5.58 Å². The molecule has 7 nitrogen and oxygen atoms in total. The number of methoxy groups -OCH3 is 2. The summed E-state index contributed by atoms with van der Waals surface area (Å²) in [5, 5.41) is 2.45. The standard InChI is InChI=1S/C22H17NO6S/c1-10-15(21(25)27-3)17(16(11(2)23-10)22(26)28-4)13-9-30-20-12-7-5-6-8-14(12)29-19(20)18(13)24/h5-9H,1-4H3. The van der Waals surface area contributed by atoms with Gasteiger partial charge >= 0.3 is 11.9 Å². The van der Waals surface area contributed by atoms with Gasteiger partial charge in [0.05, 0.1) is 41.4 Å². The molecule has 0 bridgehead atoms. The second-order valence-electron chi connectivity index (χ2n) is 6.63. The number of hydrogen-bond acceptors (Lipinski definition) is 8. The van der Waals surface area contributed by atoms with Crippen molar-refractivity contribution >= 4 is 44.5 Å². The molecule has 3 aromatic heterocycles. The molecule has 0 amide bonds. The van der Waals surface area contributed by atoms with Crippen LogP contribution in [0.5, 0.6) is 0 Å². The fraction of sp³-hybridized carbons (Fsp3) is 0.182. The van der Waals surface area contributed by atoms with Gasteiger partial charge in [0, 0.05) is 21.9 Å². The van der Waals surface area contributed by atoms with Crippen LogP contribution >= 0.6 is 11.3 Å². The number of nitrogens with zero attached hydrogens (tertiary/aromatic N) is 1. The number of aromatic nitrogens is 1. The van der Waals surface area contributed by atoms with Crippen molar-refractivity contribution in [1.29, 1.82) is 0 Å². The van der Waals surface area contributed by atoms with Crippen LogP contribution in [-0.4, -0.2) is 31.1 Å². The molecule has 1 aromatic carbocycles. The third-order valence-corrected chi connectivity index (χ3v) is 5.90. The van der Waals surface area contributed by atoms with Gasteiger partial charge in [-0.1, -0.05) is 12.1 Å². The van der Waals surface area contributed by atoms with E-state index in [4.69, 9.17) is 13.9 Å². The van der Waals surface area contributed by atoms with Crippen LogP contribution in [0.2, 0.25) is 0 Å². The maximum atomic E-state index is 13.4.